The number of aromatic amines is 1. The largest absolute Gasteiger partial charge is 0.298 e. The van der Waals surface area contributed by atoms with Gasteiger partial charge in [-0.25, -0.2) is 0 Å². The summed E-state index contributed by atoms with van der Waals surface area (Å²) in [6, 6.07) is 5.29. The molecule has 0 atom stereocenters. The van der Waals surface area contributed by atoms with Crippen LogP contribution in [0.3, 0.4) is 0 Å². The molecule has 0 amide bonds. The van der Waals surface area contributed by atoms with Gasteiger partial charge in [0.1, 0.15) is 0 Å². The molecule has 0 spiro atoms. The number of nitrogens with zero attached hydrogens (tertiary/aromatic N) is 1. The summed E-state index contributed by atoms with van der Waals surface area (Å²) in [5, 5.41) is 3.26. The summed E-state index contributed by atoms with van der Waals surface area (Å²) in [5.74, 6) is 0.704. The topological polar surface area (TPSA) is 37.3 Å². The van der Waals surface area contributed by atoms with E-state index < -0.39 is 0 Å². The van der Waals surface area contributed by atoms with Gasteiger partial charge in [-0.05, 0) is 18.9 Å². The zero-order valence-corrected chi connectivity index (χ0v) is 7.16. The van der Waals surface area contributed by atoms with Crippen LogP contribution in [0.15, 0.2) is 29.2 Å². The maximum Gasteiger partial charge on any atom is 0.182 e. The summed E-state index contributed by atoms with van der Waals surface area (Å²) < 4.78 is 1.90. The fourth-order valence-electron chi connectivity index (χ4n) is 1.64. The number of H-pyrrole nitrogens is 1. The lowest BCUT2D eigenvalue weighted by Crippen LogP contribution is -1.98. The van der Waals surface area contributed by atoms with Gasteiger partial charge in [0, 0.05) is 29.9 Å². The highest BCUT2D eigenvalue weighted by molar-refractivity contribution is 5.48. The van der Waals surface area contributed by atoms with Crippen LogP contribution in [0.4, 0.5) is 0 Å². The van der Waals surface area contributed by atoms with Crippen LogP contribution >= 0.6 is 0 Å². The van der Waals surface area contributed by atoms with Crippen molar-refractivity contribution in [3.05, 3.63) is 40.3 Å². The molecule has 1 aliphatic carbocycles. The fourth-order valence-corrected chi connectivity index (χ4v) is 1.64. The zero-order valence-electron chi connectivity index (χ0n) is 7.16. The minimum Gasteiger partial charge on any atom is -0.298 e. The Morgan fingerprint density at radius 2 is 2.23 bits per heavy atom. The molecule has 0 radical (unpaired) electrons. The molecular weight excluding hydrogens is 164 g/mol. The maximum atomic E-state index is 11.1. The molecule has 0 aromatic carbocycles. The van der Waals surface area contributed by atoms with Crippen molar-refractivity contribution >= 4 is 5.52 Å². The predicted molar refractivity (Wildman–Crippen MR) is 50.0 cm³/mol. The quantitative estimate of drug-likeness (QED) is 0.699. The van der Waals surface area contributed by atoms with Crippen molar-refractivity contribution in [3.63, 3.8) is 0 Å². The maximum absolute atomic E-state index is 11.1. The summed E-state index contributed by atoms with van der Waals surface area (Å²) in [6.45, 7) is 0. The molecule has 2 aromatic rings. The van der Waals surface area contributed by atoms with Gasteiger partial charge in [0.15, 0.2) is 5.43 Å². The number of rotatable bonds is 1. The van der Waals surface area contributed by atoms with Crippen molar-refractivity contribution in [3.8, 4) is 0 Å². The van der Waals surface area contributed by atoms with Crippen molar-refractivity contribution in [1.82, 2.24) is 9.61 Å². The Morgan fingerprint density at radius 1 is 1.38 bits per heavy atom. The molecule has 13 heavy (non-hydrogen) atoms. The predicted octanol–water partition coefficient (Wildman–Crippen LogP) is 1.50. The summed E-state index contributed by atoms with van der Waals surface area (Å²) in [5.41, 5.74) is 2.29. The lowest BCUT2D eigenvalue weighted by Gasteiger charge is -1.90. The third-order valence-electron chi connectivity index (χ3n) is 2.53. The summed E-state index contributed by atoms with van der Waals surface area (Å²) in [6.07, 6.45) is 4.33. The van der Waals surface area contributed by atoms with Gasteiger partial charge in [0.25, 0.3) is 0 Å². The molecule has 1 aliphatic rings. The third kappa shape index (κ3) is 1.08. The van der Waals surface area contributed by atoms with E-state index in [9.17, 15) is 4.79 Å². The lowest BCUT2D eigenvalue weighted by molar-refractivity contribution is 0.890. The van der Waals surface area contributed by atoms with Gasteiger partial charge in [-0.15, -0.1) is 0 Å². The van der Waals surface area contributed by atoms with Crippen LogP contribution in [0, 0.1) is 0 Å². The molecular formula is C10H10N2O. The van der Waals surface area contributed by atoms with E-state index in [0.29, 0.717) is 5.92 Å². The standard InChI is InChI=1S/C10H10N2O/c13-9-3-4-12-8(5-9)6-10(11-12)7-1-2-7/h3-7,11H,1-2H2. The molecule has 66 valence electrons. The van der Waals surface area contributed by atoms with Crippen LogP contribution < -0.4 is 5.43 Å². The van der Waals surface area contributed by atoms with E-state index in [1.54, 1.807) is 18.3 Å². The smallest absolute Gasteiger partial charge is 0.182 e. The van der Waals surface area contributed by atoms with Crippen molar-refractivity contribution in [2.24, 2.45) is 0 Å². The second kappa shape index (κ2) is 2.25. The number of fused-ring (bicyclic) bond motifs is 1. The van der Waals surface area contributed by atoms with E-state index in [1.165, 1.54) is 18.5 Å². The molecule has 0 saturated heterocycles. The van der Waals surface area contributed by atoms with Crippen LogP contribution in [0.2, 0.25) is 0 Å². The molecule has 1 saturated carbocycles. The van der Waals surface area contributed by atoms with E-state index in [0.717, 1.165) is 5.52 Å². The Labute approximate surface area is 75.0 Å². The van der Waals surface area contributed by atoms with Gasteiger partial charge >= 0.3 is 0 Å². The first kappa shape index (κ1) is 6.95. The summed E-state index contributed by atoms with van der Waals surface area (Å²) in [4.78, 5) is 11.1. The van der Waals surface area contributed by atoms with E-state index in [1.807, 2.05) is 4.52 Å². The summed E-state index contributed by atoms with van der Waals surface area (Å²) in [7, 11) is 0. The van der Waals surface area contributed by atoms with Gasteiger partial charge in [0.2, 0.25) is 0 Å². The highest BCUT2D eigenvalue weighted by atomic mass is 16.1. The molecule has 3 nitrogen and oxygen atoms in total. The molecule has 1 fully saturated rings. The Hall–Kier alpha value is -1.51. The van der Waals surface area contributed by atoms with Crippen molar-refractivity contribution in [1.29, 1.82) is 0 Å². The zero-order chi connectivity index (χ0) is 8.84. The first-order valence-corrected chi connectivity index (χ1v) is 4.54. The third-order valence-corrected chi connectivity index (χ3v) is 2.53. The Morgan fingerprint density at radius 3 is 3.00 bits per heavy atom. The highest BCUT2D eigenvalue weighted by Gasteiger charge is 2.25. The molecule has 1 N–H and O–H groups in total. The van der Waals surface area contributed by atoms with Gasteiger partial charge < -0.3 is 0 Å². The van der Waals surface area contributed by atoms with E-state index >= 15 is 0 Å². The van der Waals surface area contributed by atoms with E-state index in [2.05, 4.69) is 11.2 Å². The lowest BCUT2D eigenvalue weighted by atomic mass is 10.3. The van der Waals surface area contributed by atoms with Crippen LogP contribution in [0.5, 0.6) is 0 Å². The fraction of sp³-hybridized carbons (Fsp3) is 0.300. The van der Waals surface area contributed by atoms with Crippen LogP contribution in [0.1, 0.15) is 24.5 Å². The highest BCUT2D eigenvalue weighted by Crippen LogP contribution is 2.39. The average molecular weight is 174 g/mol. The van der Waals surface area contributed by atoms with Gasteiger partial charge in [-0.3, -0.25) is 14.4 Å². The number of hydrogen-bond acceptors (Lipinski definition) is 1. The van der Waals surface area contributed by atoms with E-state index in [4.69, 9.17) is 0 Å². The van der Waals surface area contributed by atoms with Crippen molar-refractivity contribution in [2.75, 3.05) is 0 Å². The molecule has 2 heterocycles. The van der Waals surface area contributed by atoms with Gasteiger partial charge in [-0.1, -0.05) is 0 Å². The first-order valence-electron chi connectivity index (χ1n) is 4.54. The number of nitrogens with one attached hydrogen (secondary N) is 1. The number of aromatic nitrogens is 2. The normalized spacial score (nSPS) is 16.6. The number of hydrogen-bond donors (Lipinski definition) is 1. The second-order valence-electron chi connectivity index (χ2n) is 3.64. The van der Waals surface area contributed by atoms with Crippen LogP contribution in [-0.2, 0) is 0 Å². The Balaban J connectivity index is 2.26. The SMILES string of the molecule is O=c1ccn2[nH]c(C3CC3)cc2c1. The Bertz CT molecular complexity index is 505. The van der Waals surface area contributed by atoms with Crippen molar-refractivity contribution < 1.29 is 0 Å². The minimum atomic E-state index is 0.0707. The molecule has 0 bridgehead atoms. The van der Waals surface area contributed by atoms with Crippen LogP contribution in [-0.4, -0.2) is 9.61 Å². The molecule has 2 aromatic heterocycles. The molecule has 0 aliphatic heterocycles. The second-order valence-corrected chi connectivity index (χ2v) is 3.64. The monoisotopic (exact) mass is 174 g/mol. The average Bonchev–Trinajstić information content (AvgIpc) is 2.87. The minimum absolute atomic E-state index is 0.0707. The number of pyridine rings is 1. The Kier molecular flexibility index (Phi) is 1.20. The van der Waals surface area contributed by atoms with E-state index in [-0.39, 0.29) is 5.43 Å². The van der Waals surface area contributed by atoms with Crippen LogP contribution in [0.25, 0.3) is 5.52 Å². The van der Waals surface area contributed by atoms with Gasteiger partial charge in [-0.2, -0.15) is 0 Å². The summed E-state index contributed by atoms with van der Waals surface area (Å²) >= 11 is 0. The molecule has 3 rings (SSSR count). The molecule has 3 heteroatoms. The molecule has 0 unspecified atom stereocenters. The van der Waals surface area contributed by atoms with Crippen molar-refractivity contribution in [2.45, 2.75) is 18.8 Å². The van der Waals surface area contributed by atoms with Gasteiger partial charge in [0.05, 0.1) is 5.52 Å². The first-order chi connectivity index (χ1) is 6.33.